The van der Waals surface area contributed by atoms with E-state index in [4.69, 9.17) is 0 Å². The minimum atomic E-state index is 0.390. The van der Waals surface area contributed by atoms with Crippen molar-refractivity contribution < 1.29 is 0 Å². The van der Waals surface area contributed by atoms with Crippen LogP contribution >= 0.6 is 0 Å². The molecule has 3 unspecified atom stereocenters. The summed E-state index contributed by atoms with van der Waals surface area (Å²) in [6.45, 7) is 9.57. The van der Waals surface area contributed by atoms with E-state index < -0.39 is 0 Å². The molecular weight excluding hydrogens is 196 g/mol. The second-order valence-electron chi connectivity index (χ2n) is 6.68. The SMILES string of the molecule is CC(C)(C)C1(C)CCC2C=NC=NC2CC1. The molecule has 0 spiro atoms. The summed E-state index contributed by atoms with van der Waals surface area (Å²) in [6.07, 6.45) is 8.93. The van der Waals surface area contributed by atoms with Crippen LogP contribution in [-0.4, -0.2) is 18.6 Å². The molecule has 0 radical (unpaired) electrons. The van der Waals surface area contributed by atoms with Gasteiger partial charge in [0.25, 0.3) is 0 Å². The third kappa shape index (κ3) is 2.07. The Bertz CT molecular complexity index is 287. The second kappa shape index (κ2) is 3.97. The summed E-state index contributed by atoms with van der Waals surface area (Å²) >= 11 is 0. The molecule has 0 bridgehead atoms. The predicted octanol–water partition coefficient (Wildman–Crippen LogP) is 3.71. The molecule has 0 aromatic rings. The van der Waals surface area contributed by atoms with E-state index in [2.05, 4.69) is 43.9 Å². The zero-order valence-corrected chi connectivity index (χ0v) is 11.0. The molecule has 1 heterocycles. The summed E-state index contributed by atoms with van der Waals surface area (Å²) in [4.78, 5) is 8.73. The van der Waals surface area contributed by atoms with Gasteiger partial charge >= 0.3 is 0 Å². The fourth-order valence-electron chi connectivity index (χ4n) is 2.87. The van der Waals surface area contributed by atoms with E-state index in [0.29, 0.717) is 22.8 Å². The Morgan fingerprint density at radius 3 is 2.56 bits per heavy atom. The van der Waals surface area contributed by atoms with Crippen molar-refractivity contribution in [3.63, 3.8) is 0 Å². The number of hydrogen-bond acceptors (Lipinski definition) is 2. The van der Waals surface area contributed by atoms with E-state index in [1.54, 1.807) is 6.34 Å². The molecule has 2 aliphatic rings. The number of nitrogens with zero attached hydrogens (tertiary/aromatic N) is 2. The van der Waals surface area contributed by atoms with Gasteiger partial charge in [0.2, 0.25) is 0 Å². The first-order chi connectivity index (χ1) is 7.42. The average Bonchev–Trinajstić information content (AvgIpc) is 2.39. The van der Waals surface area contributed by atoms with Gasteiger partial charge in [-0.15, -0.1) is 0 Å². The number of fused-ring (bicyclic) bond motifs is 1. The van der Waals surface area contributed by atoms with Crippen LogP contribution < -0.4 is 0 Å². The maximum absolute atomic E-state index is 4.54. The predicted molar refractivity (Wildman–Crippen MR) is 70.3 cm³/mol. The van der Waals surface area contributed by atoms with Gasteiger partial charge in [0.1, 0.15) is 6.34 Å². The van der Waals surface area contributed by atoms with Gasteiger partial charge in [-0.05, 0) is 36.5 Å². The summed E-state index contributed by atoms with van der Waals surface area (Å²) in [5.74, 6) is 0.592. The highest BCUT2D eigenvalue weighted by molar-refractivity contribution is 5.77. The molecule has 2 heteroatoms. The maximum atomic E-state index is 4.54. The zero-order chi connectivity index (χ0) is 11.8. The number of rotatable bonds is 0. The third-order valence-electron chi connectivity index (χ3n) is 4.93. The van der Waals surface area contributed by atoms with E-state index >= 15 is 0 Å². The Hall–Kier alpha value is -0.660. The van der Waals surface area contributed by atoms with Crippen LogP contribution in [0, 0.1) is 16.7 Å². The molecule has 0 amide bonds. The minimum Gasteiger partial charge on any atom is -0.270 e. The lowest BCUT2D eigenvalue weighted by Gasteiger charge is -2.41. The topological polar surface area (TPSA) is 24.7 Å². The molecule has 1 aliphatic heterocycles. The zero-order valence-electron chi connectivity index (χ0n) is 11.0. The first-order valence-corrected chi connectivity index (χ1v) is 6.47. The Kier molecular flexibility index (Phi) is 2.93. The minimum absolute atomic E-state index is 0.390. The fourth-order valence-corrected chi connectivity index (χ4v) is 2.87. The fraction of sp³-hybridized carbons (Fsp3) is 0.857. The smallest absolute Gasteiger partial charge is 0.109 e. The van der Waals surface area contributed by atoms with Gasteiger partial charge < -0.3 is 0 Å². The average molecular weight is 220 g/mol. The van der Waals surface area contributed by atoms with Gasteiger partial charge in [-0.25, -0.2) is 4.99 Å². The van der Waals surface area contributed by atoms with Gasteiger partial charge in [0, 0.05) is 12.1 Å². The summed E-state index contributed by atoms with van der Waals surface area (Å²) < 4.78 is 0. The Balaban J connectivity index is 2.14. The molecule has 0 saturated heterocycles. The van der Waals surface area contributed by atoms with Gasteiger partial charge in [-0.3, -0.25) is 4.99 Å². The van der Waals surface area contributed by atoms with Crippen molar-refractivity contribution in [2.45, 2.75) is 59.4 Å². The van der Waals surface area contributed by atoms with Gasteiger partial charge in [0.05, 0.1) is 6.04 Å². The second-order valence-corrected chi connectivity index (χ2v) is 6.68. The van der Waals surface area contributed by atoms with Crippen molar-refractivity contribution in [1.29, 1.82) is 0 Å². The Morgan fingerprint density at radius 1 is 1.19 bits per heavy atom. The van der Waals surface area contributed by atoms with E-state index in [0.717, 1.165) is 0 Å². The number of aliphatic imine (C=N–C) groups is 2. The van der Waals surface area contributed by atoms with Crippen molar-refractivity contribution in [3.8, 4) is 0 Å². The molecular formula is C14H24N2. The van der Waals surface area contributed by atoms with Crippen molar-refractivity contribution in [1.82, 2.24) is 0 Å². The van der Waals surface area contributed by atoms with E-state index in [-0.39, 0.29) is 0 Å². The van der Waals surface area contributed by atoms with E-state index in [1.165, 1.54) is 25.7 Å². The first kappa shape index (κ1) is 11.8. The van der Waals surface area contributed by atoms with Gasteiger partial charge in [-0.2, -0.15) is 0 Å². The largest absolute Gasteiger partial charge is 0.270 e. The van der Waals surface area contributed by atoms with Crippen LogP contribution in [0.4, 0.5) is 0 Å². The van der Waals surface area contributed by atoms with Crippen LogP contribution in [0.15, 0.2) is 9.98 Å². The highest BCUT2D eigenvalue weighted by atomic mass is 14.9. The van der Waals surface area contributed by atoms with Crippen LogP contribution in [0.25, 0.3) is 0 Å². The molecule has 3 atom stereocenters. The summed E-state index contributed by atoms with van der Waals surface area (Å²) in [5, 5.41) is 0. The normalized spacial score (nSPS) is 39.2. The molecule has 0 aromatic heterocycles. The highest BCUT2D eigenvalue weighted by Crippen LogP contribution is 2.49. The Labute approximate surface area is 99.3 Å². The van der Waals surface area contributed by atoms with Gasteiger partial charge in [-0.1, -0.05) is 27.7 Å². The summed E-state index contributed by atoms with van der Waals surface area (Å²) in [5.41, 5.74) is 0.842. The lowest BCUT2D eigenvalue weighted by Crippen LogP contribution is -2.32. The van der Waals surface area contributed by atoms with Crippen LogP contribution in [0.2, 0.25) is 0 Å². The van der Waals surface area contributed by atoms with E-state index in [9.17, 15) is 0 Å². The maximum Gasteiger partial charge on any atom is 0.109 e. The van der Waals surface area contributed by atoms with Crippen LogP contribution in [-0.2, 0) is 0 Å². The third-order valence-corrected chi connectivity index (χ3v) is 4.93. The molecule has 2 rings (SSSR count). The van der Waals surface area contributed by atoms with Gasteiger partial charge in [0.15, 0.2) is 0 Å². The molecule has 0 N–H and O–H groups in total. The molecule has 2 nitrogen and oxygen atoms in total. The summed E-state index contributed by atoms with van der Waals surface area (Å²) in [7, 11) is 0. The van der Waals surface area contributed by atoms with Crippen LogP contribution in [0.1, 0.15) is 53.4 Å². The molecule has 0 aromatic carbocycles. The standard InChI is InChI=1S/C14H24N2/c1-13(2,3)14(4)7-5-11-9-15-10-16-12(11)6-8-14/h9-12H,5-8H2,1-4H3. The molecule has 1 saturated carbocycles. The lowest BCUT2D eigenvalue weighted by molar-refractivity contribution is 0.0869. The monoisotopic (exact) mass is 220 g/mol. The van der Waals surface area contributed by atoms with E-state index in [1.807, 2.05) is 0 Å². The van der Waals surface area contributed by atoms with Crippen LogP contribution in [0.5, 0.6) is 0 Å². The number of hydrogen-bond donors (Lipinski definition) is 0. The quantitative estimate of drug-likeness (QED) is 0.594. The molecule has 1 aliphatic carbocycles. The molecule has 16 heavy (non-hydrogen) atoms. The Morgan fingerprint density at radius 2 is 1.88 bits per heavy atom. The molecule has 90 valence electrons. The molecule has 1 fully saturated rings. The van der Waals surface area contributed by atoms with Crippen LogP contribution in [0.3, 0.4) is 0 Å². The summed E-state index contributed by atoms with van der Waals surface area (Å²) in [6, 6.07) is 0.502. The van der Waals surface area contributed by atoms with Crippen molar-refractivity contribution >= 4 is 12.6 Å². The first-order valence-electron chi connectivity index (χ1n) is 6.47. The van der Waals surface area contributed by atoms with Crippen molar-refractivity contribution in [2.75, 3.05) is 0 Å². The lowest BCUT2D eigenvalue weighted by atomic mass is 9.64. The van der Waals surface area contributed by atoms with Crippen molar-refractivity contribution in [2.24, 2.45) is 26.7 Å². The highest BCUT2D eigenvalue weighted by Gasteiger charge is 2.41. The van der Waals surface area contributed by atoms with Crippen molar-refractivity contribution in [3.05, 3.63) is 0 Å².